The number of rotatable bonds is 0. The van der Waals surface area contributed by atoms with Gasteiger partial charge in [-0.3, -0.25) is 0 Å². The normalized spacial score (nSPS) is 4.00. The molecule has 4 heteroatoms. The summed E-state index contributed by atoms with van der Waals surface area (Å²) in [7, 11) is 0. The summed E-state index contributed by atoms with van der Waals surface area (Å²) in [6.07, 6.45) is 0. The van der Waals surface area contributed by atoms with Gasteiger partial charge in [-0.2, -0.15) is 5.26 Å². The van der Waals surface area contributed by atoms with Crippen molar-refractivity contribution in [1.29, 1.82) is 5.26 Å². The molecule has 0 aromatic heterocycles. The summed E-state index contributed by atoms with van der Waals surface area (Å²) < 4.78 is 7.43. The molecule has 0 heterocycles. The Morgan fingerprint density at radius 1 is 1.80 bits per heavy atom. The molecule has 0 amide bonds. The van der Waals surface area contributed by atoms with Gasteiger partial charge in [0.2, 0.25) is 0 Å². The van der Waals surface area contributed by atoms with Crippen LogP contribution in [-0.4, -0.2) is 55.9 Å². The van der Waals surface area contributed by atoms with E-state index >= 15 is 0 Å². The molecule has 0 aromatic carbocycles. The molecule has 0 fully saturated rings. The average Bonchev–Trinajstić information content (AvgIpc) is 1.37. The molecule has 0 bridgehead atoms. The van der Waals surface area contributed by atoms with Crippen molar-refractivity contribution in [3.05, 3.63) is 0 Å². The molecule has 0 aliphatic carbocycles. The molecule has 0 spiro atoms. The zero-order chi connectivity index (χ0) is 3.41. The fourth-order valence-corrected chi connectivity index (χ4v) is 0. The van der Waals surface area contributed by atoms with Crippen molar-refractivity contribution in [1.82, 2.24) is 0 Å². The first kappa shape index (κ1) is 9.67. The molecule has 0 saturated carbocycles. The van der Waals surface area contributed by atoms with Crippen LogP contribution in [0.25, 0.3) is 0 Å². The minimum atomic E-state index is 0. The minimum absolute atomic E-state index is 0. The molecule has 0 aromatic rings. The van der Waals surface area contributed by atoms with E-state index in [4.69, 9.17) is 9.81 Å². The van der Waals surface area contributed by atoms with Gasteiger partial charge in [0, 0.05) is 0 Å². The van der Waals surface area contributed by atoms with E-state index in [0.717, 1.165) is 0 Å². The summed E-state index contributed by atoms with van der Waals surface area (Å²) in [5, 5.41) is 8.74. The Morgan fingerprint density at radius 3 is 2.00 bits per heavy atom. The van der Waals surface area contributed by atoms with Gasteiger partial charge in [-0.1, -0.05) is 0 Å². The second kappa shape index (κ2) is 9.06. The molecule has 1 N–H and O–H groups in total. The van der Waals surface area contributed by atoms with Crippen LogP contribution in [0.3, 0.4) is 0 Å². The third-order valence-corrected chi connectivity index (χ3v) is 0.122. The summed E-state index contributed by atoms with van der Waals surface area (Å²) >= 11 is 0.162. The SMILES string of the molecule is N#CSO.[KH]. The summed E-state index contributed by atoms with van der Waals surface area (Å²) in [5.41, 5.74) is 0. The summed E-state index contributed by atoms with van der Waals surface area (Å²) in [6, 6.07) is 0. The maximum atomic E-state index is 7.43. The Balaban J connectivity index is 0. The number of nitriles is 1. The summed E-state index contributed by atoms with van der Waals surface area (Å²) in [5.74, 6) is 0. The van der Waals surface area contributed by atoms with Crippen LogP contribution in [0.5, 0.6) is 0 Å². The second-order valence-electron chi connectivity index (χ2n) is 0.183. The van der Waals surface area contributed by atoms with E-state index in [9.17, 15) is 0 Å². The monoisotopic (exact) mass is 115 g/mol. The molecule has 5 heavy (non-hydrogen) atoms. The summed E-state index contributed by atoms with van der Waals surface area (Å²) in [4.78, 5) is 0. The van der Waals surface area contributed by atoms with Crippen LogP contribution in [0.4, 0.5) is 0 Å². The van der Waals surface area contributed by atoms with Gasteiger partial charge in [0.25, 0.3) is 0 Å². The van der Waals surface area contributed by atoms with Crippen molar-refractivity contribution in [2.24, 2.45) is 0 Å². The fourth-order valence-electron chi connectivity index (χ4n) is 0. The van der Waals surface area contributed by atoms with Crippen LogP contribution in [0.15, 0.2) is 0 Å². The predicted molar refractivity (Wildman–Crippen MR) is 23.0 cm³/mol. The van der Waals surface area contributed by atoms with Crippen LogP contribution < -0.4 is 0 Å². The second-order valence-corrected chi connectivity index (χ2v) is 0.548. The van der Waals surface area contributed by atoms with Crippen LogP contribution in [-0.2, 0) is 0 Å². The quantitative estimate of drug-likeness (QED) is 0.275. The molecule has 0 saturated heterocycles. The van der Waals surface area contributed by atoms with E-state index in [0.29, 0.717) is 0 Å². The van der Waals surface area contributed by atoms with E-state index in [1.54, 1.807) is 0 Å². The zero-order valence-electron chi connectivity index (χ0n) is 1.80. The molecule has 2 nitrogen and oxygen atoms in total. The third-order valence-electron chi connectivity index (χ3n) is 0.0408. The van der Waals surface area contributed by atoms with Crippen LogP contribution in [0, 0.1) is 10.7 Å². The first-order valence-corrected chi connectivity index (χ1v) is 1.38. The third kappa shape index (κ3) is 10.8. The molecule has 0 rings (SSSR count). The number of hydrogen-bond donors (Lipinski definition) is 1. The van der Waals surface area contributed by atoms with Gasteiger partial charge >= 0.3 is 51.4 Å². The Kier molecular flexibility index (Phi) is 17.5. The topological polar surface area (TPSA) is 44.0 Å². The molecular weight excluding hydrogens is 113 g/mol. The van der Waals surface area contributed by atoms with Crippen molar-refractivity contribution in [2.45, 2.75) is 0 Å². The van der Waals surface area contributed by atoms with Gasteiger partial charge < -0.3 is 4.55 Å². The van der Waals surface area contributed by atoms with E-state index in [1.807, 2.05) is 0 Å². The standard InChI is InChI=1S/CHNOS.K.H/c2-1-4-3;;/h3H;;. The molecule has 0 aliphatic rings. The van der Waals surface area contributed by atoms with Gasteiger partial charge in [0.1, 0.15) is 12.0 Å². The Hall–Kier alpha value is 1.44. The van der Waals surface area contributed by atoms with Crippen molar-refractivity contribution >= 4 is 63.4 Å². The molecule has 0 radical (unpaired) electrons. The van der Waals surface area contributed by atoms with E-state index in [2.05, 4.69) is 0 Å². The van der Waals surface area contributed by atoms with Crippen LogP contribution >= 0.6 is 12.0 Å². The number of hydrogen-bond acceptors (Lipinski definition) is 3. The molecule has 0 atom stereocenters. The van der Waals surface area contributed by atoms with E-state index < -0.39 is 0 Å². The van der Waals surface area contributed by atoms with Crippen molar-refractivity contribution in [2.75, 3.05) is 0 Å². The summed E-state index contributed by atoms with van der Waals surface area (Å²) in [6.45, 7) is 0. The first-order valence-electron chi connectivity index (χ1n) is 0.610. The Morgan fingerprint density at radius 2 is 2.00 bits per heavy atom. The van der Waals surface area contributed by atoms with Crippen molar-refractivity contribution in [3.63, 3.8) is 0 Å². The molecular formula is CH2KNOS. The predicted octanol–water partition coefficient (Wildman–Crippen LogP) is 0.0252. The van der Waals surface area contributed by atoms with Gasteiger partial charge in [-0.25, -0.2) is 0 Å². The van der Waals surface area contributed by atoms with E-state index in [-0.39, 0.29) is 63.4 Å². The number of thiocyanates is 1. The van der Waals surface area contributed by atoms with Gasteiger partial charge in [-0.05, 0) is 0 Å². The number of nitrogens with zero attached hydrogens (tertiary/aromatic N) is 1. The van der Waals surface area contributed by atoms with Crippen molar-refractivity contribution in [3.8, 4) is 5.40 Å². The zero-order valence-corrected chi connectivity index (χ0v) is 2.62. The molecule has 0 aliphatic heterocycles. The Labute approximate surface area is 77.2 Å². The molecule has 0 unspecified atom stereocenters. The first-order chi connectivity index (χ1) is 1.91. The van der Waals surface area contributed by atoms with Crippen molar-refractivity contribution < 1.29 is 4.55 Å². The van der Waals surface area contributed by atoms with Gasteiger partial charge in [0.15, 0.2) is 5.40 Å². The maximum absolute atomic E-state index is 7.43. The van der Waals surface area contributed by atoms with Crippen LogP contribution in [0.1, 0.15) is 0 Å². The average molecular weight is 115 g/mol. The Bertz CT molecular complexity index is 41.4. The van der Waals surface area contributed by atoms with E-state index in [1.165, 1.54) is 5.40 Å². The van der Waals surface area contributed by atoms with Gasteiger partial charge in [0.05, 0.1) is 0 Å². The van der Waals surface area contributed by atoms with Gasteiger partial charge in [-0.15, -0.1) is 0 Å². The fraction of sp³-hybridized carbons (Fsp3) is 0. The van der Waals surface area contributed by atoms with Crippen LogP contribution in [0.2, 0.25) is 0 Å². The molecule has 24 valence electrons.